The zero-order chi connectivity index (χ0) is 25.5. The van der Waals surface area contributed by atoms with E-state index in [2.05, 4.69) is 9.71 Å². The zero-order valence-corrected chi connectivity index (χ0v) is 19.5. The number of aliphatic hydroxyl groups is 1. The van der Waals surface area contributed by atoms with Crippen LogP contribution in [0.2, 0.25) is 0 Å². The van der Waals surface area contributed by atoms with Crippen LogP contribution in [0, 0.1) is 0 Å². The van der Waals surface area contributed by atoms with E-state index in [0.717, 1.165) is 17.5 Å². The third-order valence-corrected chi connectivity index (χ3v) is 7.21. The van der Waals surface area contributed by atoms with E-state index in [1.54, 1.807) is 48.7 Å². The van der Waals surface area contributed by atoms with Crippen molar-refractivity contribution in [3.8, 4) is 0 Å². The standard InChI is InChI=1S/C26H20F3N3O3S/c27-26(28,29)20-7-2-6-19(14-20)25(34)15-32(16-25)24(33)18-9-11-21(12-10-18)31-36(35)22-8-1-4-17-5-3-13-30-23(17)22/h1-14,31,34H,15-16H2. The molecule has 1 unspecified atom stereocenters. The number of likely N-dealkylation sites (tertiary alicyclic amines) is 1. The fraction of sp³-hybridized carbons (Fsp3) is 0.154. The first kappa shape index (κ1) is 24.0. The number of para-hydroxylation sites is 1. The minimum Gasteiger partial charge on any atom is -0.381 e. The number of alkyl halides is 3. The normalized spacial score (nSPS) is 15.8. The summed E-state index contributed by atoms with van der Waals surface area (Å²) >= 11 is 0. The van der Waals surface area contributed by atoms with E-state index >= 15 is 0 Å². The number of anilines is 1. The predicted octanol–water partition coefficient (Wildman–Crippen LogP) is 4.73. The molecule has 0 saturated carbocycles. The Kier molecular flexibility index (Phi) is 6.01. The van der Waals surface area contributed by atoms with Gasteiger partial charge in [-0.2, -0.15) is 13.2 Å². The van der Waals surface area contributed by atoms with Crippen molar-refractivity contribution in [3.05, 3.63) is 102 Å². The first-order chi connectivity index (χ1) is 17.1. The van der Waals surface area contributed by atoms with Crippen molar-refractivity contribution in [2.24, 2.45) is 0 Å². The minimum absolute atomic E-state index is 0.117. The molecule has 1 aliphatic rings. The molecule has 0 aliphatic carbocycles. The van der Waals surface area contributed by atoms with E-state index in [-0.39, 0.29) is 24.6 Å². The van der Waals surface area contributed by atoms with Gasteiger partial charge in [0.2, 0.25) is 0 Å². The van der Waals surface area contributed by atoms with Gasteiger partial charge in [-0.15, -0.1) is 0 Å². The number of carbonyl (C=O) groups is 1. The maximum absolute atomic E-state index is 13.0. The Bertz CT molecular complexity index is 1460. The molecule has 1 aliphatic heterocycles. The number of nitrogens with one attached hydrogen (secondary N) is 1. The SMILES string of the molecule is O=C(c1ccc(NS(=O)c2cccc3cccnc23)cc1)N1CC(O)(c2cccc(C(F)(F)F)c2)C1. The lowest BCUT2D eigenvalue weighted by atomic mass is 9.85. The topological polar surface area (TPSA) is 82.5 Å². The Labute approximate surface area is 207 Å². The van der Waals surface area contributed by atoms with Gasteiger partial charge in [-0.25, -0.2) is 4.21 Å². The lowest BCUT2D eigenvalue weighted by Gasteiger charge is -2.46. The predicted molar refractivity (Wildman–Crippen MR) is 129 cm³/mol. The highest BCUT2D eigenvalue weighted by molar-refractivity contribution is 7.86. The number of nitrogens with zero attached hydrogens (tertiary/aromatic N) is 2. The third kappa shape index (κ3) is 4.57. The summed E-state index contributed by atoms with van der Waals surface area (Å²) in [5.74, 6) is -0.363. The van der Waals surface area contributed by atoms with Crippen molar-refractivity contribution in [1.29, 1.82) is 0 Å². The first-order valence-corrected chi connectivity index (χ1v) is 12.1. The number of aromatic nitrogens is 1. The van der Waals surface area contributed by atoms with Crippen LogP contribution in [0.3, 0.4) is 0 Å². The Hall–Kier alpha value is -3.76. The Morgan fingerprint density at radius 2 is 1.69 bits per heavy atom. The number of carbonyl (C=O) groups excluding carboxylic acids is 1. The van der Waals surface area contributed by atoms with Crippen LogP contribution in [0.5, 0.6) is 0 Å². The van der Waals surface area contributed by atoms with Gasteiger partial charge in [0, 0.05) is 22.8 Å². The van der Waals surface area contributed by atoms with Crippen LogP contribution in [0.15, 0.2) is 90.0 Å². The molecule has 1 amide bonds. The smallest absolute Gasteiger partial charge is 0.381 e. The van der Waals surface area contributed by atoms with Crippen molar-refractivity contribution in [3.63, 3.8) is 0 Å². The number of hydrogen-bond donors (Lipinski definition) is 2. The maximum atomic E-state index is 13.0. The Morgan fingerprint density at radius 1 is 1.00 bits per heavy atom. The van der Waals surface area contributed by atoms with E-state index in [0.29, 0.717) is 21.7 Å². The van der Waals surface area contributed by atoms with Gasteiger partial charge in [-0.1, -0.05) is 30.3 Å². The van der Waals surface area contributed by atoms with E-state index in [1.165, 1.54) is 17.0 Å². The van der Waals surface area contributed by atoms with E-state index in [1.807, 2.05) is 12.1 Å². The van der Waals surface area contributed by atoms with Crippen molar-refractivity contribution < 1.29 is 27.3 Å². The summed E-state index contributed by atoms with van der Waals surface area (Å²) in [5.41, 5.74) is -0.777. The zero-order valence-electron chi connectivity index (χ0n) is 18.7. The molecule has 1 aromatic heterocycles. The number of halogens is 3. The average molecular weight is 512 g/mol. The largest absolute Gasteiger partial charge is 0.416 e. The quantitative estimate of drug-likeness (QED) is 0.406. The van der Waals surface area contributed by atoms with Crippen LogP contribution in [0.1, 0.15) is 21.5 Å². The molecule has 1 fully saturated rings. The number of β-amino-alcohol motifs (C(OH)–C–C–N with tert-alkyl or cyclic N) is 1. The molecule has 3 aromatic carbocycles. The van der Waals surface area contributed by atoms with Crippen molar-refractivity contribution in [2.75, 3.05) is 17.8 Å². The van der Waals surface area contributed by atoms with Gasteiger partial charge in [0.1, 0.15) is 5.60 Å². The molecular formula is C26H20F3N3O3S. The number of fused-ring (bicyclic) bond motifs is 1. The molecule has 36 heavy (non-hydrogen) atoms. The number of pyridine rings is 1. The molecular weight excluding hydrogens is 491 g/mol. The average Bonchev–Trinajstić information content (AvgIpc) is 2.86. The molecule has 1 atom stereocenters. The first-order valence-electron chi connectivity index (χ1n) is 11.0. The van der Waals surface area contributed by atoms with E-state index < -0.39 is 28.3 Å². The summed E-state index contributed by atoms with van der Waals surface area (Å²) < 4.78 is 54.8. The van der Waals surface area contributed by atoms with Gasteiger partial charge in [0.05, 0.1) is 29.1 Å². The van der Waals surface area contributed by atoms with Crippen molar-refractivity contribution >= 4 is 33.5 Å². The number of amides is 1. The number of hydrogen-bond acceptors (Lipinski definition) is 4. The lowest BCUT2D eigenvalue weighted by molar-refractivity contribution is -0.138. The molecule has 0 bridgehead atoms. The van der Waals surface area contributed by atoms with E-state index in [9.17, 15) is 27.3 Å². The van der Waals surface area contributed by atoms with Crippen LogP contribution in [-0.2, 0) is 22.8 Å². The van der Waals surface area contributed by atoms with Crippen LogP contribution in [0.25, 0.3) is 10.9 Å². The third-order valence-electron chi connectivity index (χ3n) is 6.06. The maximum Gasteiger partial charge on any atom is 0.416 e. The molecule has 184 valence electrons. The summed E-state index contributed by atoms with van der Waals surface area (Å²) in [6.07, 6.45) is -2.89. The van der Waals surface area contributed by atoms with Crippen LogP contribution in [0.4, 0.5) is 18.9 Å². The highest BCUT2D eigenvalue weighted by atomic mass is 32.2. The molecule has 1 saturated heterocycles. The van der Waals surface area contributed by atoms with Gasteiger partial charge in [0.15, 0.2) is 11.0 Å². The Morgan fingerprint density at radius 3 is 2.42 bits per heavy atom. The lowest BCUT2D eigenvalue weighted by Crippen LogP contribution is -2.61. The summed E-state index contributed by atoms with van der Waals surface area (Å²) in [6, 6.07) is 20.0. The van der Waals surface area contributed by atoms with Gasteiger partial charge in [-0.3, -0.25) is 9.78 Å². The van der Waals surface area contributed by atoms with Crippen LogP contribution >= 0.6 is 0 Å². The highest BCUT2D eigenvalue weighted by Crippen LogP contribution is 2.36. The summed E-state index contributed by atoms with van der Waals surface area (Å²) in [5, 5.41) is 11.6. The molecule has 10 heteroatoms. The molecule has 0 spiro atoms. The molecule has 6 nitrogen and oxygen atoms in total. The fourth-order valence-electron chi connectivity index (χ4n) is 4.15. The summed E-state index contributed by atoms with van der Waals surface area (Å²) in [6.45, 7) is -0.240. The van der Waals surface area contributed by atoms with Gasteiger partial charge < -0.3 is 14.7 Å². The molecule has 2 heterocycles. The number of benzene rings is 3. The second-order valence-electron chi connectivity index (χ2n) is 8.55. The molecule has 4 aromatic rings. The highest BCUT2D eigenvalue weighted by Gasteiger charge is 2.46. The van der Waals surface area contributed by atoms with Crippen LogP contribution < -0.4 is 4.72 Å². The Balaban J connectivity index is 1.25. The molecule has 5 rings (SSSR count). The molecule has 0 radical (unpaired) electrons. The fourth-order valence-corrected chi connectivity index (χ4v) is 5.16. The minimum atomic E-state index is -4.52. The summed E-state index contributed by atoms with van der Waals surface area (Å²) in [7, 11) is -1.59. The van der Waals surface area contributed by atoms with Crippen molar-refractivity contribution in [1.82, 2.24) is 9.88 Å². The number of rotatable bonds is 5. The van der Waals surface area contributed by atoms with Gasteiger partial charge >= 0.3 is 6.18 Å². The second-order valence-corrected chi connectivity index (χ2v) is 9.73. The molecule has 2 N–H and O–H groups in total. The monoisotopic (exact) mass is 511 g/mol. The van der Waals surface area contributed by atoms with Crippen LogP contribution in [-0.4, -0.2) is 38.2 Å². The van der Waals surface area contributed by atoms with Crippen molar-refractivity contribution in [2.45, 2.75) is 16.7 Å². The van der Waals surface area contributed by atoms with Gasteiger partial charge in [0.25, 0.3) is 5.91 Å². The summed E-state index contributed by atoms with van der Waals surface area (Å²) in [4.78, 5) is 19.0. The second kappa shape index (κ2) is 9.03. The van der Waals surface area contributed by atoms with Gasteiger partial charge in [-0.05, 0) is 54.1 Å². The van der Waals surface area contributed by atoms with E-state index in [4.69, 9.17) is 0 Å².